The predicted molar refractivity (Wildman–Crippen MR) is 134 cm³/mol. The molecule has 1 fully saturated rings. The number of para-hydroxylation sites is 1. The number of benzene rings is 2. The fourth-order valence-electron chi connectivity index (χ4n) is 3.77. The number of thiophene rings is 1. The summed E-state index contributed by atoms with van der Waals surface area (Å²) in [6.45, 7) is 3.61. The van der Waals surface area contributed by atoms with Crippen LogP contribution in [0.4, 0.5) is 11.4 Å². The fraction of sp³-hybridized carbons (Fsp3) is 0.250. The van der Waals surface area contributed by atoms with Gasteiger partial charge in [0.05, 0.1) is 17.8 Å². The Hall–Kier alpha value is -3.05. The number of amides is 2. The molecule has 0 atom stereocenters. The minimum Gasteiger partial charge on any atom is -0.324 e. The van der Waals surface area contributed by atoms with Gasteiger partial charge in [-0.2, -0.15) is 4.31 Å². The van der Waals surface area contributed by atoms with Gasteiger partial charge in [0.15, 0.2) is 0 Å². The zero-order valence-electron chi connectivity index (χ0n) is 18.7. The Balaban J connectivity index is 1.34. The van der Waals surface area contributed by atoms with Crippen LogP contribution in [0.1, 0.15) is 15.9 Å². The Bertz CT molecular complexity index is 1270. The highest BCUT2D eigenvalue weighted by Gasteiger charge is 2.29. The summed E-state index contributed by atoms with van der Waals surface area (Å²) in [6.07, 6.45) is 0. The molecule has 1 saturated heterocycles. The molecule has 1 aromatic heterocycles. The van der Waals surface area contributed by atoms with Crippen LogP contribution in [-0.2, 0) is 14.8 Å². The summed E-state index contributed by atoms with van der Waals surface area (Å²) in [7, 11) is -3.48. The van der Waals surface area contributed by atoms with E-state index in [9.17, 15) is 18.0 Å². The van der Waals surface area contributed by atoms with Crippen LogP contribution in [0.2, 0.25) is 0 Å². The van der Waals surface area contributed by atoms with Crippen LogP contribution in [0.25, 0.3) is 0 Å². The minimum atomic E-state index is -3.48. The molecule has 1 aliphatic heterocycles. The summed E-state index contributed by atoms with van der Waals surface area (Å²) in [5, 5.41) is 7.43. The molecule has 2 amide bonds. The summed E-state index contributed by atoms with van der Waals surface area (Å²) in [6, 6.07) is 17.7. The van der Waals surface area contributed by atoms with Gasteiger partial charge in [-0.1, -0.05) is 30.3 Å². The lowest BCUT2D eigenvalue weighted by Crippen LogP contribution is -2.50. The number of sulfonamides is 1. The topological polar surface area (TPSA) is 98.8 Å². The third-order valence-corrected chi connectivity index (χ3v) is 8.78. The van der Waals surface area contributed by atoms with Crippen molar-refractivity contribution >= 4 is 44.5 Å². The molecule has 3 aromatic rings. The second-order valence-corrected chi connectivity index (χ2v) is 11.1. The maximum atomic E-state index is 12.8. The van der Waals surface area contributed by atoms with Crippen LogP contribution >= 0.6 is 11.3 Å². The van der Waals surface area contributed by atoms with Crippen molar-refractivity contribution in [3.8, 4) is 0 Å². The van der Waals surface area contributed by atoms with Crippen LogP contribution in [-0.4, -0.2) is 62.2 Å². The van der Waals surface area contributed by atoms with E-state index < -0.39 is 10.0 Å². The molecule has 2 heterocycles. The van der Waals surface area contributed by atoms with Gasteiger partial charge >= 0.3 is 0 Å². The van der Waals surface area contributed by atoms with Crippen molar-refractivity contribution in [2.75, 3.05) is 43.4 Å². The lowest BCUT2D eigenvalue weighted by molar-refractivity contribution is -0.117. The maximum absolute atomic E-state index is 12.8. The fourth-order valence-corrected chi connectivity index (χ4v) is 6.34. The van der Waals surface area contributed by atoms with Crippen molar-refractivity contribution in [1.82, 2.24) is 9.21 Å². The highest BCUT2D eigenvalue weighted by Crippen LogP contribution is 2.22. The van der Waals surface area contributed by atoms with Crippen LogP contribution < -0.4 is 10.6 Å². The second kappa shape index (κ2) is 10.5. The molecule has 0 spiro atoms. The van der Waals surface area contributed by atoms with Crippen LogP contribution in [0, 0.1) is 6.92 Å². The smallest absolute Gasteiger partial charge is 0.257 e. The average Bonchev–Trinajstić information content (AvgIpc) is 3.36. The van der Waals surface area contributed by atoms with Crippen molar-refractivity contribution in [1.29, 1.82) is 0 Å². The average molecular weight is 499 g/mol. The van der Waals surface area contributed by atoms with Crippen LogP contribution in [0.15, 0.2) is 70.3 Å². The molecule has 0 saturated carbocycles. The van der Waals surface area contributed by atoms with Gasteiger partial charge < -0.3 is 10.6 Å². The Kier molecular flexibility index (Phi) is 7.42. The molecule has 10 heteroatoms. The number of carbonyl (C=O) groups excluding carboxylic acids is 2. The number of hydrogen-bond acceptors (Lipinski definition) is 6. The van der Waals surface area contributed by atoms with Crippen molar-refractivity contribution in [2.24, 2.45) is 0 Å². The van der Waals surface area contributed by atoms with E-state index in [0.717, 1.165) is 5.56 Å². The number of aryl methyl sites for hydroxylation is 1. The second-order valence-electron chi connectivity index (χ2n) is 8.03. The third kappa shape index (κ3) is 5.71. The van der Waals surface area contributed by atoms with Gasteiger partial charge in [0.25, 0.3) is 15.9 Å². The standard InChI is InChI=1S/C24H26N4O4S2/c1-18-6-4-7-19(16-18)25-24(30)20-8-2-3-9-21(20)26-22(29)17-27-11-13-28(14-12-27)34(31,32)23-10-5-15-33-23/h2-10,15-16H,11-14,17H2,1H3,(H,25,30)(H,26,29). The summed E-state index contributed by atoms with van der Waals surface area (Å²) in [5.41, 5.74) is 2.50. The van der Waals surface area contributed by atoms with E-state index in [-0.39, 0.29) is 18.4 Å². The van der Waals surface area contributed by atoms with Gasteiger partial charge in [0.2, 0.25) is 5.91 Å². The zero-order chi connectivity index (χ0) is 24.1. The van der Waals surface area contributed by atoms with E-state index >= 15 is 0 Å². The summed E-state index contributed by atoms with van der Waals surface area (Å²) in [4.78, 5) is 27.4. The number of piperazine rings is 1. The number of nitrogens with zero attached hydrogens (tertiary/aromatic N) is 2. The first kappa shape index (κ1) is 24.1. The first-order valence-corrected chi connectivity index (χ1v) is 13.2. The van der Waals surface area contributed by atoms with Gasteiger partial charge in [-0.25, -0.2) is 8.42 Å². The Labute approximate surface area is 203 Å². The molecule has 2 aromatic carbocycles. The first-order valence-electron chi connectivity index (χ1n) is 10.9. The number of anilines is 2. The quantitative estimate of drug-likeness (QED) is 0.521. The van der Waals surface area contributed by atoms with E-state index in [1.165, 1.54) is 15.6 Å². The van der Waals surface area contributed by atoms with Gasteiger partial charge in [-0.05, 0) is 48.2 Å². The molecule has 4 rings (SSSR count). The summed E-state index contributed by atoms with van der Waals surface area (Å²) in [5.74, 6) is -0.570. The maximum Gasteiger partial charge on any atom is 0.257 e. The van der Waals surface area contributed by atoms with E-state index in [1.54, 1.807) is 41.8 Å². The highest BCUT2D eigenvalue weighted by atomic mass is 32.2. The SMILES string of the molecule is Cc1cccc(NC(=O)c2ccccc2NC(=O)CN2CCN(S(=O)(=O)c3cccs3)CC2)c1. The monoisotopic (exact) mass is 498 g/mol. The number of hydrogen-bond donors (Lipinski definition) is 2. The van der Waals surface area contributed by atoms with Crippen LogP contribution in [0.5, 0.6) is 0 Å². The number of rotatable bonds is 7. The first-order chi connectivity index (χ1) is 16.3. The van der Waals surface area contributed by atoms with Gasteiger partial charge in [-0.3, -0.25) is 14.5 Å². The van der Waals surface area contributed by atoms with Crippen molar-refractivity contribution in [3.05, 3.63) is 77.2 Å². The Morgan fingerprint density at radius 3 is 2.41 bits per heavy atom. The van der Waals surface area contributed by atoms with Gasteiger partial charge in [-0.15, -0.1) is 11.3 Å². The number of carbonyl (C=O) groups is 2. The zero-order valence-corrected chi connectivity index (χ0v) is 20.4. The molecule has 2 N–H and O–H groups in total. The molecule has 8 nitrogen and oxygen atoms in total. The van der Waals surface area contributed by atoms with Gasteiger partial charge in [0, 0.05) is 31.9 Å². The number of nitrogens with one attached hydrogen (secondary N) is 2. The lowest BCUT2D eigenvalue weighted by atomic mass is 10.1. The van der Waals surface area contributed by atoms with E-state index in [0.29, 0.717) is 47.3 Å². The van der Waals surface area contributed by atoms with E-state index in [4.69, 9.17) is 0 Å². The minimum absolute atomic E-state index is 0.112. The van der Waals surface area contributed by atoms with Crippen LogP contribution in [0.3, 0.4) is 0 Å². The molecule has 34 heavy (non-hydrogen) atoms. The largest absolute Gasteiger partial charge is 0.324 e. The lowest BCUT2D eigenvalue weighted by Gasteiger charge is -2.33. The Morgan fingerprint density at radius 1 is 0.941 bits per heavy atom. The normalized spacial score (nSPS) is 15.1. The van der Waals surface area contributed by atoms with E-state index in [1.807, 2.05) is 36.1 Å². The summed E-state index contributed by atoms with van der Waals surface area (Å²) >= 11 is 1.20. The molecule has 178 valence electrons. The van der Waals surface area contributed by atoms with Crippen molar-refractivity contribution in [3.63, 3.8) is 0 Å². The molecule has 0 bridgehead atoms. The van der Waals surface area contributed by atoms with Crippen molar-refractivity contribution < 1.29 is 18.0 Å². The predicted octanol–water partition coefficient (Wildman–Crippen LogP) is 3.25. The summed E-state index contributed by atoms with van der Waals surface area (Å²) < 4.78 is 27.1. The third-order valence-electron chi connectivity index (χ3n) is 5.51. The molecule has 0 unspecified atom stereocenters. The van der Waals surface area contributed by atoms with E-state index in [2.05, 4.69) is 10.6 Å². The highest BCUT2D eigenvalue weighted by molar-refractivity contribution is 7.91. The van der Waals surface area contributed by atoms with Gasteiger partial charge in [0.1, 0.15) is 4.21 Å². The molecule has 1 aliphatic rings. The molecular formula is C24H26N4O4S2. The molecular weight excluding hydrogens is 472 g/mol. The molecule has 0 radical (unpaired) electrons. The Morgan fingerprint density at radius 2 is 1.71 bits per heavy atom. The molecule has 0 aliphatic carbocycles. The van der Waals surface area contributed by atoms with Crippen molar-refractivity contribution in [2.45, 2.75) is 11.1 Å².